The molecule has 0 fully saturated rings. The summed E-state index contributed by atoms with van der Waals surface area (Å²) < 4.78 is 0. The average Bonchev–Trinajstić information content (AvgIpc) is 2.02. The minimum atomic E-state index is -0.912. The summed E-state index contributed by atoms with van der Waals surface area (Å²) in [6.07, 6.45) is 0. The Labute approximate surface area is 77.2 Å². The Hall–Kier alpha value is -1.35. The fourth-order valence-electron chi connectivity index (χ4n) is 1.36. The SMILES string of the molecule is Cc1cccc(C(C)N)c1C(=O)O. The molecule has 0 aliphatic rings. The van der Waals surface area contributed by atoms with Crippen LogP contribution in [-0.4, -0.2) is 11.1 Å². The van der Waals surface area contributed by atoms with Crippen LogP contribution in [0.2, 0.25) is 0 Å². The van der Waals surface area contributed by atoms with Crippen molar-refractivity contribution < 1.29 is 9.90 Å². The normalized spacial score (nSPS) is 12.5. The van der Waals surface area contributed by atoms with Gasteiger partial charge in [0, 0.05) is 6.04 Å². The summed E-state index contributed by atoms with van der Waals surface area (Å²) in [6.45, 7) is 3.55. The number of carboxylic acids is 1. The van der Waals surface area contributed by atoms with Crippen molar-refractivity contribution in [2.45, 2.75) is 19.9 Å². The third kappa shape index (κ3) is 1.87. The van der Waals surface area contributed by atoms with Crippen molar-refractivity contribution in [2.24, 2.45) is 5.73 Å². The Morgan fingerprint density at radius 2 is 2.15 bits per heavy atom. The maximum Gasteiger partial charge on any atom is 0.336 e. The van der Waals surface area contributed by atoms with Crippen LogP contribution in [0.5, 0.6) is 0 Å². The van der Waals surface area contributed by atoms with E-state index < -0.39 is 5.97 Å². The van der Waals surface area contributed by atoms with E-state index in [1.165, 1.54) is 0 Å². The van der Waals surface area contributed by atoms with Crippen LogP contribution in [0, 0.1) is 6.92 Å². The zero-order valence-corrected chi connectivity index (χ0v) is 7.74. The zero-order valence-electron chi connectivity index (χ0n) is 7.74. The summed E-state index contributed by atoms with van der Waals surface area (Å²) in [4.78, 5) is 10.9. The first kappa shape index (κ1) is 9.74. The third-order valence-corrected chi connectivity index (χ3v) is 2.01. The summed E-state index contributed by atoms with van der Waals surface area (Å²) in [5.41, 5.74) is 7.43. The maximum absolute atomic E-state index is 10.9. The van der Waals surface area contributed by atoms with Crippen LogP contribution in [0.1, 0.15) is 34.5 Å². The average molecular weight is 179 g/mol. The Morgan fingerprint density at radius 3 is 2.54 bits per heavy atom. The molecule has 3 heteroatoms. The smallest absolute Gasteiger partial charge is 0.336 e. The lowest BCUT2D eigenvalue weighted by Crippen LogP contribution is -2.12. The van der Waals surface area contributed by atoms with Crippen LogP contribution in [-0.2, 0) is 0 Å². The van der Waals surface area contributed by atoms with E-state index in [0.717, 1.165) is 5.56 Å². The van der Waals surface area contributed by atoms with Crippen molar-refractivity contribution in [2.75, 3.05) is 0 Å². The predicted octanol–water partition coefficient (Wildman–Crippen LogP) is 1.71. The van der Waals surface area contributed by atoms with Gasteiger partial charge in [-0.25, -0.2) is 4.79 Å². The molecule has 0 aromatic heterocycles. The van der Waals surface area contributed by atoms with Crippen LogP contribution in [0.15, 0.2) is 18.2 Å². The van der Waals surface area contributed by atoms with E-state index in [1.807, 2.05) is 6.07 Å². The molecule has 0 amide bonds. The Balaban J connectivity index is 3.34. The number of aromatic carboxylic acids is 1. The summed E-state index contributed by atoms with van der Waals surface area (Å²) in [5.74, 6) is -0.912. The molecule has 0 saturated carbocycles. The Kier molecular flexibility index (Phi) is 2.68. The standard InChI is InChI=1S/C10H13NO2/c1-6-4-3-5-8(7(2)11)9(6)10(12)13/h3-5,7H,11H2,1-2H3,(H,12,13). The van der Waals surface area contributed by atoms with Gasteiger partial charge in [-0.05, 0) is 25.0 Å². The molecule has 0 saturated heterocycles. The molecule has 1 rings (SSSR count). The van der Waals surface area contributed by atoms with E-state index in [1.54, 1.807) is 26.0 Å². The van der Waals surface area contributed by atoms with Crippen molar-refractivity contribution in [1.82, 2.24) is 0 Å². The van der Waals surface area contributed by atoms with Crippen LogP contribution >= 0.6 is 0 Å². The number of hydrogen-bond donors (Lipinski definition) is 2. The zero-order chi connectivity index (χ0) is 10.0. The first-order valence-electron chi connectivity index (χ1n) is 4.12. The summed E-state index contributed by atoms with van der Waals surface area (Å²) in [7, 11) is 0. The van der Waals surface area contributed by atoms with Gasteiger partial charge < -0.3 is 10.8 Å². The third-order valence-electron chi connectivity index (χ3n) is 2.01. The van der Waals surface area contributed by atoms with Crippen molar-refractivity contribution in [3.05, 3.63) is 34.9 Å². The molecule has 3 N–H and O–H groups in total. The molecule has 0 aliphatic heterocycles. The fourth-order valence-corrected chi connectivity index (χ4v) is 1.36. The summed E-state index contributed by atoms with van der Waals surface area (Å²) in [6, 6.07) is 5.10. The second kappa shape index (κ2) is 3.58. The number of carbonyl (C=O) groups is 1. The second-order valence-electron chi connectivity index (χ2n) is 3.13. The van der Waals surface area contributed by atoms with E-state index >= 15 is 0 Å². The number of hydrogen-bond acceptors (Lipinski definition) is 2. The second-order valence-corrected chi connectivity index (χ2v) is 3.13. The number of benzene rings is 1. The lowest BCUT2D eigenvalue weighted by Gasteiger charge is -2.11. The lowest BCUT2D eigenvalue weighted by atomic mass is 9.98. The minimum Gasteiger partial charge on any atom is -0.478 e. The van der Waals surface area contributed by atoms with Gasteiger partial charge in [0.25, 0.3) is 0 Å². The Morgan fingerprint density at radius 1 is 1.54 bits per heavy atom. The molecule has 0 aliphatic carbocycles. The molecule has 0 radical (unpaired) electrons. The number of rotatable bonds is 2. The van der Waals surface area contributed by atoms with Gasteiger partial charge in [-0.3, -0.25) is 0 Å². The molecule has 13 heavy (non-hydrogen) atoms. The van der Waals surface area contributed by atoms with Crippen LogP contribution in [0.25, 0.3) is 0 Å². The molecule has 3 nitrogen and oxygen atoms in total. The minimum absolute atomic E-state index is 0.244. The van der Waals surface area contributed by atoms with Gasteiger partial charge in [0.2, 0.25) is 0 Å². The quantitative estimate of drug-likeness (QED) is 0.726. The summed E-state index contributed by atoms with van der Waals surface area (Å²) in [5, 5.41) is 8.94. The van der Waals surface area contributed by atoms with Gasteiger partial charge in [-0.1, -0.05) is 18.2 Å². The molecule has 70 valence electrons. The topological polar surface area (TPSA) is 63.3 Å². The van der Waals surface area contributed by atoms with Crippen molar-refractivity contribution in [3.8, 4) is 0 Å². The molecular weight excluding hydrogens is 166 g/mol. The van der Waals surface area contributed by atoms with Gasteiger partial charge in [-0.15, -0.1) is 0 Å². The monoisotopic (exact) mass is 179 g/mol. The lowest BCUT2D eigenvalue weighted by molar-refractivity contribution is 0.0694. The summed E-state index contributed by atoms with van der Waals surface area (Å²) >= 11 is 0. The van der Waals surface area contributed by atoms with Crippen LogP contribution < -0.4 is 5.73 Å². The highest BCUT2D eigenvalue weighted by Gasteiger charge is 2.14. The number of nitrogens with two attached hydrogens (primary N) is 1. The van der Waals surface area contributed by atoms with Gasteiger partial charge in [0.1, 0.15) is 0 Å². The Bertz CT molecular complexity index is 332. The van der Waals surface area contributed by atoms with E-state index in [-0.39, 0.29) is 6.04 Å². The molecule has 1 aromatic rings. The highest BCUT2D eigenvalue weighted by molar-refractivity contribution is 5.91. The molecule has 1 unspecified atom stereocenters. The highest BCUT2D eigenvalue weighted by atomic mass is 16.4. The van der Waals surface area contributed by atoms with E-state index in [2.05, 4.69) is 0 Å². The van der Waals surface area contributed by atoms with E-state index in [4.69, 9.17) is 10.8 Å². The highest BCUT2D eigenvalue weighted by Crippen LogP contribution is 2.19. The van der Waals surface area contributed by atoms with Crippen molar-refractivity contribution >= 4 is 5.97 Å². The first-order valence-corrected chi connectivity index (χ1v) is 4.12. The number of aryl methyl sites for hydroxylation is 1. The largest absolute Gasteiger partial charge is 0.478 e. The van der Waals surface area contributed by atoms with Crippen LogP contribution in [0.4, 0.5) is 0 Å². The maximum atomic E-state index is 10.9. The van der Waals surface area contributed by atoms with Gasteiger partial charge >= 0.3 is 5.97 Å². The number of carboxylic acid groups (broad SMARTS) is 1. The molecule has 0 spiro atoms. The molecule has 1 atom stereocenters. The molecular formula is C10H13NO2. The van der Waals surface area contributed by atoms with Crippen molar-refractivity contribution in [3.63, 3.8) is 0 Å². The fraction of sp³-hybridized carbons (Fsp3) is 0.300. The first-order chi connectivity index (χ1) is 6.04. The van der Waals surface area contributed by atoms with E-state index in [9.17, 15) is 4.79 Å². The van der Waals surface area contributed by atoms with Gasteiger partial charge in [-0.2, -0.15) is 0 Å². The van der Waals surface area contributed by atoms with Gasteiger partial charge in [0.05, 0.1) is 5.56 Å². The van der Waals surface area contributed by atoms with Gasteiger partial charge in [0.15, 0.2) is 0 Å². The van der Waals surface area contributed by atoms with Crippen LogP contribution in [0.3, 0.4) is 0 Å². The molecule has 0 bridgehead atoms. The van der Waals surface area contributed by atoms with E-state index in [0.29, 0.717) is 11.1 Å². The van der Waals surface area contributed by atoms with Crippen molar-refractivity contribution in [1.29, 1.82) is 0 Å². The molecule has 1 aromatic carbocycles. The molecule has 0 heterocycles. The predicted molar refractivity (Wildman–Crippen MR) is 50.7 cm³/mol.